The van der Waals surface area contributed by atoms with E-state index in [-0.39, 0.29) is 0 Å². The molecule has 1 aliphatic rings. The van der Waals surface area contributed by atoms with E-state index < -0.39 is 0 Å². The van der Waals surface area contributed by atoms with Gasteiger partial charge >= 0.3 is 0 Å². The lowest BCUT2D eigenvalue weighted by atomic mass is 10.0. The van der Waals surface area contributed by atoms with Gasteiger partial charge in [-0.05, 0) is 151 Å². The Labute approximate surface area is 361 Å². The number of anilines is 4. The fraction of sp³-hybridized carbons (Fsp3) is 0.0357. The fourth-order valence-electron chi connectivity index (χ4n) is 7.90. The Hall–Kier alpha value is -8.22. The lowest BCUT2D eigenvalue weighted by Crippen LogP contribution is -2.17. The van der Waals surface area contributed by atoms with Crippen molar-refractivity contribution in [3.63, 3.8) is 0 Å². The molecule has 1 aliphatic carbocycles. The minimum Gasteiger partial charge on any atom is -0.436 e. The zero-order chi connectivity index (χ0) is 41.7. The summed E-state index contributed by atoms with van der Waals surface area (Å²) < 4.78 is 12.1. The first-order chi connectivity index (χ1) is 30.7. The van der Waals surface area contributed by atoms with Crippen LogP contribution in [0.4, 0.5) is 22.7 Å². The maximum Gasteiger partial charge on any atom is 0.227 e. The van der Waals surface area contributed by atoms with Gasteiger partial charge in [-0.15, -0.1) is 0 Å². The van der Waals surface area contributed by atoms with Gasteiger partial charge in [0.1, 0.15) is 11.0 Å². The predicted molar refractivity (Wildman–Crippen MR) is 255 cm³/mol. The molecule has 6 heteroatoms. The van der Waals surface area contributed by atoms with Crippen molar-refractivity contribution in [3.05, 3.63) is 236 Å². The first-order valence-electron chi connectivity index (χ1n) is 20.8. The van der Waals surface area contributed by atoms with Gasteiger partial charge in [0.25, 0.3) is 0 Å². The standard InChI is InChI=1S/C56H42N4O2/c1-2-45(59(46-18-5-3-6-19-46)48-35-29-42(30-36-48)55-57-51-23-9-11-25-53(51)61-55)22-14-16-40-15-13-17-44(39-40)41-27-33-49(34-28-41)60(47-20-7-4-8-21-47)50-37-31-43(32-38-50)56-58-52-24-10-12-26-54(52)62-56/h2-7,9-20,22-39H,1,8,21H2/b16-14+,45-22+. The molecule has 2 heterocycles. The van der Waals surface area contributed by atoms with E-state index >= 15 is 0 Å². The minimum absolute atomic E-state index is 0.598. The van der Waals surface area contributed by atoms with Crippen LogP contribution in [0, 0.1) is 0 Å². The van der Waals surface area contributed by atoms with Gasteiger partial charge in [-0.2, -0.15) is 0 Å². The second-order valence-electron chi connectivity index (χ2n) is 15.0. The number of hydrogen-bond acceptors (Lipinski definition) is 6. The van der Waals surface area contributed by atoms with Crippen molar-refractivity contribution >= 4 is 51.0 Å². The van der Waals surface area contributed by atoms with E-state index in [0.29, 0.717) is 11.8 Å². The SMILES string of the molecule is C=C/C(=C\C=C\c1cccc(-c2ccc(N(C3=CC=CCC3)c3ccc(-c4nc5ccccc5o4)cc3)cc2)c1)N(c1ccccc1)c1ccc(-c2nc3ccccc3o2)cc1. The third kappa shape index (κ3) is 7.93. The molecule has 0 fully saturated rings. The molecule has 0 atom stereocenters. The van der Waals surface area contributed by atoms with Gasteiger partial charge in [0.15, 0.2) is 11.2 Å². The summed E-state index contributed by atoms with van der Waals surface area (Å²) in [7, 11) is 0. The van der Waals surface area contributed by atoms with Crippen LogP contribution in [0.5, 0.6) is 0 Å². The molecular weight excluding hydrogens is 761 g/mol. The van der Waals surface area contributed by atoms with E-state index in [2.05, 4.69) is 155 Å². The summed E-state index contributed by atoms with van der Waals surface area (Å²) in [5.74, 6) is 1.22. The summed E-state index contributed by atoms with van der Waals surface area (Å²) in [5.41, 5.74) is 14.9. The number of hydrogen-bond donors (Lipinski definition) is 0. The highest BCUT2D eigenvalue weighted by atomic mass is 16.4. The van der Waals surface area contributed by atoms with Crippen LogP contribution in [-0.4, -0.2) is 9.97 Å². The number of nitrogens with zero attached hydrogens (tertiary/aromatic N) is 4. The lowest BCUT2D eigenvalue weighted by molar-refractivity contribution is 0.619. The second-order valence-corrected chi connectivity index (χ2v) is 15.0. The number of aromatic nitrogens is 2. The largest absolute Gasteiger partial charge is 0.436 e. The molecule has 0 radical (unpaired) electrons. The number of allylic oxidation sites excluding steroid dienone is 7. The zero-order valence-electron chi connectivity index (χ0n) is 34.0. The summed E-state index contributed by atoms with van der Waals surface area (Å²) in [6.45, 7) is 4.21. The predicted octanol–water partition coefficient (Wildman–Crippen LogP) is 15.3. The average molecular weight is 803 g/mol. The highest BCUT2D eigenvalue weighted by molar-refractivity contribution is 5.80. The summed E-state index contributed by atoms with van der Waals surface area (Å²) in [4.78, 5) is 13.9. The van der Waals surface area contributed by atoms with Crippen LogP contribution < -0.4 is 9.80 Å². The Morgan fingerprint density at radius 2 is 1.11 bits per heavy atom. The van der Waals surface area contributed by atoms with Crippen molar-refractivity contribution in [1.29, 1.82) is 0 Å². The van der Waals surface area contributed by atoms with Crippen LogP contribution in [-0.2, 0) is 0 Å². The molecule has 7 aromatic carbocycles. The topological polar surface area (TPSA) is 58.5 Å². The number of rotatable bonds is 12. The van der Waals surface area contributed by atoms with Crippen LogP contribution >= 0.6 is 0 Å². The summed E-state index contributed by atoms with van der Waals surface area (Å²) in [6, 6.07) is 60.2. The van der Waals surface area contributed by atoms with Crippen LogP contribution in [0.2, 0.25) is 0 Å². The van der Waals surface area contributed by atoms with Gasteiger partial charge < -0.3 is 18.6 Å². The second kappa shape index (κ2) is 17.2. The molecule has 62 heavy (non-hydrogen) atoms. The van der Waals surface area contributed by atoms with Crippen molar-refractivity contribution < 1.29 is 8.83 Å². The van der Waals surface area contributed by atoms with E-state index in [4.69, 9.17) is 13.8 Å². The first-order valence-corrected chi connectivity index (χ1v) is 20.8. The third-order valence-electron chi connectivity index (χ3n) is 11.0. The number of fused-ring (bicyclic) bond motifs is 2. The highest BCUT2D eigenvalue weighted by Gasteiger charge is 2.18. The molecule has 0 spiro atoms. The maximum atomic E-state index is 6.06. The molecule has 0 saturated heterocycles. The van der Waals surface area contributed by atoms with Gasteiger partial charge in [-0.3, -0.25) is 0 Å². The number of benzene rings is 7. The Kier molecular flexibility index (Phi) is 10.5. The normalized spacial score (nSPS) is 12.8. The molecule has 2 aromatic heterocycles. The van der Waals surface area contributed by atoms with Gasteiger partial charge in [0.2, 0.25) is 11.8 Å². The average Bonchev–Trinajstić information content (AvgIpc) is 3.98. The van der Waals surface area contributed by atoms with E-state index in [1.807, 2.05) is 84.9 Å². The maximum absolute atomic E-state index is 6.06. The lowest BCUT2D eigenvalue weighted by Gasteiger charge is -2.29. The molecule has 0 N–H and O–H groups in total. The molecule has 10 rings (SSSR count). The summed E-state index contributed by atoms with van der Waals surface area (Å²) in [5, 5.41) is 0. The van der Waals surface area contributed by atoms with E-state index in [1.165, 1.54) is 5.70 Å². The molecule has 298 valence electrons. The van der Waals surface area contributed by atoms with Gasteiger partial charge in [0, 0.05) is 45.3 Å². The fourth-order valence-corrected chi connectivity index (χ4v) is 7.90. The monoisotopic (exact) mass is 802 g/mol. The smallest absolute Gasteiger partial charge is 0.227 e. The zero-order valence-corrected chi connectivity index (χ0v) is 34.0. The Morgan fingerprint density at radius 1 is 0.548 bits per heavy atom. The van der Waals surface area contributed by atoms with Gasteiger partial charge in [-0.1, -0.05) is 104 Å². The number of oxazole rings is 2. The molecular formula is C56H42N4O2. The van der Waals surface area contributed by atoms with Crippen molar-refractivity contribution in [1.82, 2.24) is 9.97 Å². The molecule has 0 amide bonds. The minimum atomic E-state index is 0.598. The van der Waals surface area contributed by atoms with Crippen molar-refractivity contribution in [2.24, 2.45) is 0 Å². The Morgan fingerprint density at radius 3 is 1.69 bits per heavy atom. The van der Waals surface area contributed by atoms with E-state index in [9.17, 15) is 0 Å². The van der Waals surface area contributed by atoms with Crippen LogP contribution in [0.1, 0.15) is 18.4 Å². The summed E-state index contributed by atoms with van der Waals surface area (Å²) in [6.07, 6.45) is 16.7. The number of para-hydroxylation sites is 5. The molecule has 0 unspecified atom stereocenters. The molecule has 0 aliphatic heterocycles. The molecule has 6 nitrogen and oxygen atoms in total. The Balaban J connectivity index is 0.889. The van der Waals surface area contributed by atoms with E-state index in [0.717, 1.165) is 91.3 Å². The van der Waals surface area contributed by atoms with E-state index in [1.54, 1.807) is 0 Å². The van der Waals surface area contributed by atoms with Crippen molar-refractivity contribution in [2.45, 2.75) is 12.8 Å². The quantitative estimate of drug-likeness (QED) is 0.115. The van der Waals surface area contributed by atoms with Crippen LogP contribution in [0.3, 0.4) is 0 Å². The van der Waals surface area contributed by atoms with Crippen molar-refractivity contribution in [2.75, 3.05) is 9.80 Å². The van der Waals surface area contributed by atoms with Gasteiger partial charge in [0.05, 0.1) is 0 Å². The molecule has 0 bridgehead atoms. The van der Waals surface area contributed by atoms with Crippen LogP contribution in [0.25, 0.3) is 62.3 Å². The van der Waals surface area contributed by atoms with Crippen molar-refractivity contribution in [3.8, 4) is 34.0 Å². The molecule has 0 saturated carbocycles. The highest BCUT2D eigenvalue weighted by Crippen LogP contribution is 2.37. The van der Waals surface area contributed by atoms with Gasteiger partial charge in [-0.25, -0.2) is 9.97 Å². The summed E-state index contributed by atoms with van der Waals surface area (Å²) >= 11 is 0. The first kappa shape index (κ1) is 38.0. The Bertz CT molecular complexity index is 3070. The third-order valence-corrected chi connectivity index (χ3v) is 11.0. The molecule has 9 aromatic rings. The van der Waals surface area contributed by atoms with Crippen LogP contribution in [0.15, 0.2) is 239 Å².